The molecule has 3 rings (SSSR count). The van der Waals surface area contributed by atoms with Crippen LogP contribution in [0.2, 0.25) is 0 Å². The molecule has 0 atom stereocenters. The van der Waals surface area contributed by atoms with Gasteiger partial charge in [-0.1, -0.05) is 35.9 Å². The minimum Gasteiger partial charge on any atom is -0.406 e. The van der Waals surface area contributed by atoms with E-state index in [2.05, 4.69) is 14.8 Å². The molecule has 0 heterocycles. The van der Waals surface area contributed by atoms with E-state index in [9.17, 15) is 26.4 Å². The van der Waals surface area contributed by atoms with Crippen LogP contribution in [0.5, 0.6) is 5.75 Å². The summed E-state index contributed by atoms with van der Waals surface area (Å²) in [5, 5.41) is 2.67. The molecule has 162 valence electrons. The number of anilines is 2. The Labute approximate surface area is 176 Å². The lowest BCUT2D eigenvalue weighted by Gasteiger charge is -2.14. The molecule has 6 nitrogen and oxygen atoms in total. The Morgan fingerprint density at radius 3 is 2.29 bits per heavy atom. The second kappa shape index (κ2) is 8.68. The van der Waals surface area contributed by atoms with E-state index in [0.29, 0.717) is 5.69 Å². The molecule has 0 unspecified atom stereocenters. The highest BCUT2D eigenvalue weighted by Crippen LogP contribution is 2.27. The van der Waals surface area contributed by atoms with Crippen LogP contribution in [-0.4, -0.2) is 20.7 Å². The zero-order chi connectivity index (χ0) is 22.6. The molecule has 0 spiro atoms. The van der Waals surface area contributed by atoms with Crippen LogP contribution < -0.4 is 14.8 Å². The molecule has 1 amide bonds. The average molecular weight is 450 g/mol. The summed E-state index contributed by atoms with van der Waals surface area (Å²) in [4.78, 5) is 12.2. The maximum atomic E-state index is 12.7. The van der Waals surface area contributed by atoms with Crippen LogP contribution in [0.25, 0.3) is 0 Å². The zero-order valence-corrected chi connectivity index (χ0v) is 16.9. The van der Waals surface area contributed by atoms with Gasteiger partial charge in [0, 0.05) is 11.8 Å². The van der Waals surface area contributed by atoms with E-state index in [1.54, 1.807) is 30.3 Å². The number of hydrogen-bond donors (Lipinski definition) is 2. The molecule has 31 heavy (non-hydrogen) atoms. The summed E-state index contributed by atoms with van der Waals surface area (Å²) >= 11 is 0. The van der Waals surface area contributed by atoms with Crippen molar-refractivity contribution in [1.29, 1.82) is 0 Å². The number of carbonyl (C=O) groups excluding carboxylic acids is 1. The molecule has 10 heteroatoms. The highest BCUT2D eigenvalue weighted by Gasteiger charge is 2.31. The fourth-order valence-electron chi connectivity index (χ4n) is 2.65. The van der Waals surface area contributed by atoms with Crippen molar-refractivity contribution in [1.82, 2.24) is 0 Å². The summed E-state index contributed by atoms with van der Waals surface area (Å²) in [5.41, 5.74) is 1.52. The first-order valence-corrected chi connectivity index (χ1v) is 10.4. The third kappa shape index (κ3) is 5.98. The minimum atomic E-state index is -4.96. The molecule has 0 aliphatic carbocycles. The Bertz CT molecular complexity index is 1190. The molecule has 0 aliphatic heterocycles. The summed E-state index contributed by atoms with van der Waals surface area (Å²) in [6, 6.07) is 16.8. The zero-order valence-electron chi connectivity index (χ0n) is 16.1. The fraction of sp³-hybridized carbons (Fsp3) is 0.0952. The Kier molecular flexibility index (Phi) is 6.21. The molecular weight excluding hydrogens is 433 g/mol. The molecule has 0 aromatic heterocycles. The molecule has 3 aromatic carbocycles. The second-order valence-corrected chi connectivity index (χ2v) is 8.18. The van der Waals surface area contributed by atoms with Crippen LogP contribution in [0.4, 0.5) is 24.5 Å². The number of benzene rings is 3. The number of nitrogens with one attached hydrogen (secondary N) is 2. The fourth-order valence-corrected chi connectivity index (χ4v) is 3.76. The minimum absolute atomic E-state index is 0.0331. The van der Waals surface area contributed by atoms with Gasteiger partial charge in [0.05, 0.1) is 16.1 Å². The first-order valence-electron chi connectivity index (χ1n) is 8.89. The Hall–Kier alpha value is -3.53. The highest BCUT2D eigenvalue weighted by molar-refractivity contribution is 7.92. The Morgan fingerprint density at radius 1 is 0.935 bits per heavy atom. The molecule has 0 fully saturated rings. The van der Waals surface area contributed by atoms with Gasteiger partial charge in [-0.25, -0.2) is 8.42 Å². The van der Waals surface area contributed by atoms with E-state index in [-0.39, 0.29) is 11.3 Å². The summed E-state index contributed by atoms with van der Waals surface area (Å²) in [6.45, 7) is 1.89. The summed E-state index contributed by atoms with van der Waals surface area (Å²) in [6.07, 6.45) is -4.96. The van der Waals surface area contributed by atoms with Gasteiger partial charge in [0.2, 0.25) is 0 Å². The van der Waals surface area contributed by atoms with Gasteiger partial charge in [0.1, 0.15) is 5.75 Å². The number of amides is 1. The normalized spacial score (nSPS) is 11.6. The van der Waals surface area contributed by atoms with Crippen LogP contribution in [0.15, 0.2) is 77.7 Å². The molecule has 2 N–H and O–H groups in total. The number of carbonyl (C=O) groups is 1. The second-order valence-electron chi connectivity index (χ2n) is 6.49. The van der Waals surface area contributed by atoms with Crippen LogP contribution >= 0.6 is 0 Å². The van der Waals surface area contributed by atoms with Gasteiger partial charge in [-0.05, 0) is 43.3 Å². The van der Waals surface area contributed by atoms with Crippen molar-refractivity contribution in [3.63, 3.8) is 0 Å². The topological polar surface area (TPSA) is 84.5 Å². The van der Waals surface area contributed by atoms with E-state index in [1.807, 2.05) is 6.92 Å². The van der Waals surface area contributed by atoms with Crippen molar-refractivity contribution in [2.45, 2.75) is 18.2 Å². The van der Waals surface area contributed by atoms with Gasteiger partial charge in [0.25, 0.3) is 15.9 Å². The van der Waals surface area contributed by atoms with E-state index >= 15 is 0 Å². The van der Waals surface area contributed by atoms with E-state index in [0.717, 1.165) is 29.8 Å². The standard InChI is InChI=1S/C21H17F3N2O4S/c1-14-9-11-15(12-10-14)25-20(27)18-7-2-3-8-19(18)26-31(28,29)17-6-4-5-16(13-17)30-21(22,23)24/h2-13,26H,1H3,(H,25,27). The predicted octanol–water partition coefficient (Wildman–Crippen LogP) is 4.95. The summed E-state index contributed by atoms with van der Waals surface area (Å²) in [5.74, 6) is -1.24. The largest absolute Gasteiger partial charge is 0.573 e. The van der Waals surface area contributed by atoms with Crippen molar-refractivity contribution < 1.29 is 31.1 Å². The van der Waals surface area contributed by atoms with Crippen LogP contribution in [0.1, 0.15) is 15.9 Å². The average Bonchev–Trinajstić information content (AvgIpc) is 2.69. The van der Waals surface area contributed by atoms with E-state index in [4.69, 9.17) is 0 Å². The van der Waals surface area contributed by atoms with Gasteiger partial charge in [-0.2, -0.15) is 0 Å². The summed E-state index contributed by atoms with van der Waals surface area (Å²) < 4.78 is 68.7. The van der Waals surface area contributed by atoms with Crippen LogP contribution in [-0.2, 0) is 10.0 Å². The maximum Gasteiger partial charge on any atom is 0.573 e. The van der Waals surface area contributed by atoms with Gasteiger partial charge < -0.3 is 10.1 Å². The number of ether oxygens (including phenoxy) is 1. The summed E-state index contributed by atoms with van der Waals surface area (Å²) in [7, 11) is -4.30. The molecule has 0 saturated heterocycles. The van der Waals surface area contributed by atoms with Crippen molar-refractivity contribution in [2.24, 2.45) is 0 Å². The SMILES string of the molecule is Cc1ccc(NC(=O)c2ccccc2NS(=O)(=O)c2cccc(OC(F)(F)F)c2)cc1. The van der Waals surface area contributed by atoms with Gasteiger partial charge in [-0.3, -0.25) is 9.52 Å². The van der Waals surface area contributed by atoms with Crippen LogP contribution in [0.3, 0.4) is 0 Å². The maximum absolute atomic E-state index is 12.7. The smallest absolute Gasteiger partial charge is 0.406 e. The first-order chi connectivity index (χ1) is 14.5. The van der Waals surface area contributed by atoms with Crippen LogP contribution in [0, 0.1) is 6.92 Å². The highest BCUT2D eigenvalue weighted by atomic mass is 32.2. The molecule has 0 radical (unpaired) electrons. The number of alkyl halides is 3. The number of para-hydroxylation sites is 1. The van der Waals surface area contributed by atoms with Gasteiger partial charge >= 0.3 is 6.36 Å². The molecule has 0 saturated carbocycles. The lowest BCUT2D eigenvalue weighted by atomic mass is 10.1. The molecule has 3 aromatic rings. The first kappa shape index (κ1) is 22.2. The third-order valence-electron chi connectivity index (χ3n) is 4.07. The van der Waals surface area contributed by atoms with E-state index in [1.165, 1.54) is 18.2 Å². The van der Waals surface area contributed by atoms with Crippen molar-refractivity contribution in [3.8, 4) is 5.75 Å². The van der Waals surface area contributed by atoms with Crippen molar-refractivity contribution in [2.75, 3.05) is 10.0 Å². The number of halogens is 3. The predicted molar refractivity (Wildman–Crippen MR) is 110 cm³/mol. The monoisotopic (exact) mass is 450 g/mol. The molecule has 0 bridgehead atoms. The number of rotatable bonds is 6. The lowest BCUT2D eigenvalue weighted by molar-refractivity contribution is -0.274. The Morgan fingerprint density at radius 2 is 1.61 bits per heavy atom. The third-order valence-corrected chi connectivity index (χ3v) is 5.44. The quantitative estimate of drug-likeness (QED) is 0.557. The van der Waals surface area contributed by atoms with Gasteiger partial charge in [-0.15, -0.1) is 13.2 Å². The Balaban J connectivity index is 1.85. The number of hydrogen-bond acceptors (Lipinski definition) is 4. The molecule has 0 aliphatic rings. The number of sulfonamides is 1. The number of aryl methyl sites for hydroxylation is 1. The molecular formula is C21H17F3N2O4S. The van der Waals surface area contributed by atoms with Gasteiger partial charge in [0.15, 0.2) is 0 Å². The van der Waals surface area contributed by atoms with Crippen molar-refractivity contribution >= 4 is 27.3 Å². The van der Waals surface area contributed by atoms with E-state index < -0.39 is 32.9 Å². The van der Waals surface area contributed by atoms with Crippen molar-refractivity contribution in [3.05, 3.63) is 83.9 Å². The lowest BCUT2D eigenvalue weighted by Crippen LogP contribution is -2.19.